The summed E-state index contributed by atoms with van der Waals surface area (Å²) in [5, 5.41) is 0. The summed E-state index contributed by atoms with van der Waals surface area (Å²) in [6.07, 6.45) is 0. The number of sulfonamides is 1. The van der Waals surface area contributed by atoms with Gasteiger partial charge in [0.25, 0.3) is 0 Å². The van der Waals surface area contributed by atoms with Crippen LogP contribution in [-0.4, -0.2) is 58.5 Å². The van der Waals surface area contributed by atoms with E-state index in [1.165, 1.54) is 26.3 Å². The van der Waals surface area contributed by atoms with E-state index in [0.29, 0.717) is 0 Å². The molecule has 1 aromatic carbocycles. The normalized spacial score (nSPS) is 12.2. The molecule has 0 aromatic heterocycles. The predicted molar refractivity (Wildman–Crippen MR) is 89.8 cm³/mol. The van der Waals surface area contributed by atoms with E-state index >= 15 is 0 Å². The molecule has 0 bridgehead atoms. The third kappa shape index (κ3) is 4.44. The first-order valence-corrected chi connectivity index (χ1v) is 8.13. The van der Waals surface area contributed by atoms with Crippen molar-refractivity contribution in [1.29, 1.82) is 0 Å². The molecular formula is C14H21ClN2O6S. The maximum Gasteiger partial charge on any atom is 0.339 e. The number of rotatable bonds is 6. The fraction of sp³-hybridized carbons (Fsp3) is 0.429. The Morgan fingerprint density at radius 1 is 1.21 bits per heavy atom. The van der Waals surface area contributed by atoms with Crippen LogP contribution in [0.25, 0.3) is 0 Å². The van der Waals surface area contributed by atoms with Crippen LogP contribution in [0, 0.1) is 0 Å². The summed E-state index contributed by atoms with van der Waals surface area (Å²) < 4.78 is 35.7. The fourth-order valence-electron chi connectivity index (χ4n) is 1.80. The Morgan fingerprint density at radius 2 is 1.75 bits per heavy atom. The highest BCUT2D eigenvalue weighted by Crippen LogP contribution is 2.23. The van der Waals surface area contributed by atoms with E-state index < -0.39 is 28.0 Å². The fourth-order valence-corrected chi connectivity index (χ4v) is 3.37. The maximum atomic E-state index is 12.7. The van der Waals surface area contributed by atoms with Crippen molar-refractivity contribution in [1.82, 2.24) is 4.31 Å². The van der Waals surface area contributed by atoms with E-state index in [9.17, 15) is 18.0 Å². The number of nitrogens with zero attached hydrogens (tertiary/aromatic N) is 1. The van der Waals surface area contributed by atoms with Crippen LogP contribution in [0.3, 0.4) is 0 Å². The zero-order chi connectivity index (χ0) is 17.8. The first-order valence-electron chi connectivity index (χ1n) is 6.69. The van der Waals surface area contributed by atoms with Crippen molar-refractivity contribution in [2.24, 2.45) is 5.73 Å². The molecule has 10 heteroatoms. The zero-order valence-corrected chi connectivity index (χ0v) is 15.4. The summed E-state index contributed by atoms with van der Waals surface area (Å²) in [7, 11) is -0.398. The Balaban J connectivity index is 0.00000529. The quantitative estimate of drug-likeness (QED) is 0.720. The molecule has 0 heterocycles. The number of benzene rings is 1. The van der Waals surface area contributed by atoms with E-state index in [2.05, 4.69) is 9.47 Å². The topological polar surface area (TPSA) is 116 Å². The molecule has 1 rings (SSSR count). The first kappa shape index (κ1) is 22.3. The van der Waals surface area contributed by atoms with Crippen molar-refractivity contribution in [3.05, 3.63) is 29.3 Å². The van der Waals surface area contributed by atoms with Crippen LogP contribution < -0.4 is 5.73 Å². The number of carbonyl (C=O) groups is 2. The highest BCUT2D eigenvalue weighted by molar-refractivity contribution is 7.89. The minimum absolute atomic E-state index is 0. The van der Waals surface area contributed by atoms with E-state index in [4.69, 9.17) is 5.73 Å². The van der Waals surface area contributed by atoms with Gasteiger partial charge in [-0.15, -0.1) is 12.4 Å². The molecule has 8 nitrogen and oxygen atoms in total. The van der Waals surface area contributed by atoms with Gasteiger partial charge in [0.2, 0.25) is 10.0 Å². The van der Waals surface area contributed by atoms with E-state index in [1.54, 1.807) is 6.92 Å². The second-order valence-electron chi connectivity index (χ2n) is 4.80. The molecule has 1 atom stereocenters. The summed E-state index contributed by atoms with van der Waals surface area (Å²) >= 11 is 0. The van der Waals surface area contributed by atoms with Crippen molar-refractivity contribution in [2.45, 2.75) is 17.9 Å². The number of nitrogens with two attached hydrogens (primary N) is 1. The van der Waals surface area contributed by atoms with Gasteiger partial charge in [0.15, 0.2) is 0 Å². The van der Waals surface area contributed by atoms with E-state index in [1.807, 2.05) is 0 Å². The minimum atomic E-state index is -4.06. The Morgan fingerprint density at radius 3 is 2.21 bits per heavy atom. The summed E-state index contributed by atoms with van der Waals surface area (Å²) in [5.74, 6) is -1.54. The summed E-state index contributed by atoms with van der Waals surface area (Å²) in [6.45, 7) is 1.72. The smallest absolute Gasteiger partial charge is 0.339 e. The van der Waals surface area contributed by atoms with E-state index in [-0.39, 0.29) is 35.0 Å². The molecule has 0 aliphatic rings. The number of methoxy groups -OCH3 is 2. The highest BCUT2D eigenvalue weighted by Gasteiger charge is 2.30. The van der Waals surface area contributed by atoms with Crippen LogP contribution in [0.4, 0.5) is 0 Å². The van der Waals surface area contributed by atoms with Crippen molar-refractivity contribution in [3.63, 3.8) is 0 Å². The van der Waals surface area contributed by atoms with Gasteiger partial charge in [-0.2, -0.15) is 4.31 Å². The maximum absolute atomic E-state index is 12.7. The number of halogens is 1. The van der Waals surface area contributed by atoms with E-state index in [0.717, 1.165) is 17.5 Å². The van der Waals surface area contributed by atoms with Gasteiger partial charge in [-0.25, -0.2) is 18.0 Å². The van der Waals surface area contributed by atoms with Gasteiger partial charge < -0.3 is 15.2 Å². The number of carbonyl (C=O) groups excluding carboxylic acids is 2. The second-order valence-corrected chi connectivity index (χ2v) is 6.77. The van der Waals surface area contributed by atoms with Gasteiger partial charge >= 0.3 is 11.9 Å². The molecule has 0 saturated carbocycles. The number of hydrogen-bond donors (Lipinski definition) is 1. The Kier molecular flexibility index (Phi) is 8.35. The molecule has 24 heavy (non-hydrogen) atoms. The molecule has 136 valence electrons. The predicted octanol–water partition coefficient (Wildman–Crippen LogP) is 0.649. The van der Waals surface area contributed by atoms with Crippen molar-refractivity contribution >= 4 is 34.4 Å². The summed E-state index contributed by atoms with van der Waals surface area (Å²) in [4.78, 5) is 23.1. The number of hydrogen-bond acceptors (Lipinski definition) is 7. The molecule has 0 radical (unpaired) electrons. The van der Waals surface area contributed by atoms with Gasteiger partial charge in [-0.1, -0.05) is 0 Å². The molecule has 0 fully saturated rings. The molecule has 0 aliphatic carbocycles. The average Bonchev–Trinajstić information content (AvgIpc) is 2.58. The molecule has 1 aromatic rings. The Bertz CT molecular complexity index is 707. The van der Waals surface area contributed by atoms with Crippen LogP contribution >= 0.6 is 12.4 Å². The summed E-state index contributed by atoms with van der Waals surface area (Å²) in [5.41, 5.74) is 5.34. The molecule has 1 unspecified atom stereocenters. The van der Waals surface area contributed by atoms with Crippen LogP contribution in [-0.2, 0) is 19.5 Å². The molecule has 0 saturated heterocycles. The largest absolute Gasteiger partial charge is 0.465 e. The van der Waals surface area contributed by atoms with Crippen LogP contribution in [0.2, 0.25) is 0 Å². The molecular weight excluding hydrogens is 360 g/mol. The van der Waals surface area contributed by atoms with Crippen LogP contribution in [0.5, 0.6) is 0 Å². The lowest BCUT2D eigenvalue weighted by atomic mass is 10.1. The number of likely N-dealkylation sites (N-methyl/N-ethyl adjacent to an activating group) is 1. The summed E-state index contributed by atoms with van der Waals surface area (Å²) in [6, 6.07) is 3.11. The monoisotopic (exact) mass is 380 g/mol. The average molecular weight is 381 g/mol. The Labute approximate surface area is 147 Å². The molecule has 0 spiro atoms. The first-order chi connectivity index (χ1) is 10.7. The molecule has 0 amide bonds. The minimum Gasteiger partial charge on any atom is -0.465 e. The van der Waals surface area contributed by atoms with Gasteiger partial charge in [0.1, 0.15) is 0 Å². The standard InChI is InChI=1S/C14H20N2O6S.ClH/c1-9(8-15)16(2)23(19,20)12-7-10(13(17)21-3)5-6-11(12)14(18)22-4;/h5-7,9H,8,15H2,1-4H3;1H. The third-order valence-corrected chi connectivity index (χ3v) is 5.44. The van der Waals surface area contributed by atoms with Gasteiger partial charge in [0.05, 0.1) is 30.2 Å². The van der Waals surface area contributed by atoms with Crippen molar-refractivity contribution < 1.29 is 27.5 Å². The SMILES string of the molecule is COC(=O)c1ccc(C(=O)OC)c(S(=O)(=O)N(C)C(C)CN)c1.Cl. The lowest BCUT2D eigenvalue weighted by molar-refractivity contribution is 0.0583. The highest BCUT2D eigenvalue weighted by atomic mass is 35.5. The zero-order valence-electron chi connectivity index (χ0n) is 13.8. The van der Waals surface area contributed by atoms with Gasteiger partial charge in [-0.3, -0.25) is 0 Å². The van der Waals surface area contributed by atoms with Gasteiger partial charge in [-0.05, 0) is 25.1 Å². The lowest BCUT2D eigenvalue weighted by Crippen LogP contribution is -2.40. The third-order valence-electron chi connectivity index (χ3n) is 3.43. The lowest BCUT2D eigenvalue weighted by Gasteiger charge is -2.24. The van der Waals surface area contributed by atoms with Crippen LogP contribution in [0.1, 0.15) is 27.6 Å². The number of ether oxygens (including phenoxy) is 2. The molecule has 0 aliphatic heterocycles. The second kappa shape index (κ2) is 8.97. The number of esters is 2. The van der Waals surface area contributed by atoms with Crippen LogP contribution in [0.15, 0.2) is 23.1 Å². The van der Waals surface area contributed by atoms with Crippen molar-refractivity contribution in [2.75, 3.05) is 27.8 Å². The van der Waals surface area contributed by atoms with Crippen molar-refractivity contribution in [3.8, 4) is 0 Å². The molecule has 2 N–H and O–H groups in total. The Hall–Kier alpha value is -1.68. The van der Waals surface area contributed by atoms with Gasteiger partial charge in [0, 0.05) is 19.6 Å².